The van der Waals surface area contributed by atoms with Gasteiger partial charge in [-0.25, -0.2) is 0 Å². The highest BCUT2D eigenvalue weighted by Gasteiger charge is 2.61. The summed E-state index contributed by atoms with van der Waals surface area (Å²) in [4.78, 5) is 12.2. The van der Waals surface area contributed by atoms with Crippen LogP contribution in [0.4, 0.5) is 13.2 Å². The number of hydrogen-bond donors (Lipinski definition) is 1. The molecule has 1 aliphatic rings. The Bertz CT molecular complexity index is 510. The molecule has 0 amide bonds. The molecule has 1 unspecified atom stereocenters. The highest BCUT2D eigenvalue weighted by molar-refractivity contribution is 6.42. The van der Waals surface area contributed by atoms with E-state index in [2.05, 4.69) is 5.32 Å². The number of rotatable bonds is 2. The zero-order valence-electron chi connectivity index (χ0n) is 9.65. The van der Waals surface area contributed by atoms with Crippen molar-refractivity contribution in [2.24, 2.45) is 5.41 Å². The number of ketones is 1. The molecule has 1 aliphatic heterocycles. The maximum Gasteiger partial charge on any atom is 0.402 e. The Balaban J connectivity index is 2.43. The van der Waals surface area contributed by atoms with Gasteiger partial charge in [-0.05, 0) is 31.2 Å². The van der Waals surface area contributed by atoms with Gasteiger partial charge in [-0.3, -0.25) is 4.79 Å². The van der Waals surface area contributed by atoms with Crippen molar-refractivity contribution in [1.82, 2.24) is 5.32 Å². The van der Waals surface area contributed by atoms with Crippen molar-refractivity contribution in [2.45, 2.75) is 12.6 Å². The summed E-state index contributed by atoms with van der Waals surface area (Å²) >= 11 is 11.4. The van der Waals surface area contributed by atoms with Gasteiger partial charge in [0.25, 0.3) is 0 Å². The van der Waals surface area contributed by atoms with Gasteiger partial charge in [-0.1, -0.05) is 23.2 Å². The van der Waals surface area contributed by atoms with Gasteiger partial charge >= 0.3 is 6.18 Å². The first-order valence-electron chi connectivity index (χ1n) is 5.55. The number of Topliss-reactive ketones (excluding diaryl/α,β-unsaturated/α-hetero) is 1. The van der Waals surface area contributed by atoms with Crippen LogP contribution in [-0.4, -0.2) is 25.0 Å². The lowest BCUT2D eigenvalue weighted by atomic mass is 9.79. The SMILES string of the molecule is O=C(c1ccc(Cl)c(Cl)c1)C1(C(F)(F)F)CCNC1. The van der Waals surface area contributed by atoms with Crippen LogP contribution in [0.15, 0.2) is 18.2 Å². The Morgan fingerprint density at radius 3 is 2.42 bits per heavy atom. The first-order chi connectivity index (χ1) is 8.78. The Hall–Kier alpha value is -0.780. The fourth-order valence-corrected chi connectivity index (χ4v) is 2.47. The van der Waals surface area contributed by atoms with Crippen molar-refractivity contribution < 1.29 is 18.0 Å². The van der Waals surface area contributed by atoms with E-state index in [1.807, 2.05) is 0 Å². The average Bonchev–Trinajstić information content (AvgIpc) is 2.81. The summed E-state index contributed by atoms with van der Waals surface area (Å²) in [6.45, 7) is -0.248. The lowest BCUT2D eigenvalue weighted by Crippen LogP contribution is -2.46. The van der Waals surface area contributed by atoms with Gasteiger partial charge in [0.2, 0.25) is 0 Å². The second-order valence-electron chi connectivity index (χ2n) is 4.46. The second kappa shape index (κ2) is 4.96. The molecule has 0 aromatic heterocycles. The van der Waals surface area contributed by atoms with E-state index < -0.39 is 23.9 Å². The second-order valence-corrected chi connectivity index (χ2v) is 5.28. The molecule has 1 aromatic rings. The maximum absolute atomic E-state index is 13.2. The monoisotopic (exact) mass is 311 g/mol. The third kappa shape index (κ3) is 2.47. The molecule has 1 atom stereocenters. The van der Waals surface area contributed by atoms with E-state index >= 15 is 0 Å². The molecule has 0 saturated carbocycles. The molecule has 1 N–H and O–H groups in total. The van der Waals surface area contributed by atoms with E-state index in [0.717, 1.165) is 0 Å². The highest BCUT2D eigenvalue weighted by Crippen LogP contribution is 2.45. The summed E-state index contributed by atoms with van der Waals surface area (Å²) in [5, 5.41) is 2.86. The molecular weight excluding hydrogens is 302 g/mol. The van der Waals surface area contributed by atoms with Crippen molar-refractivity contribution in [3.05, 3.63) is 33.8 Å². The smallest absolute Gasteiger partial charge is 0.315 e. The third-order valence-electron chi connectivity index (χ3n) is 3.31. The highest BCUT2D eigenvalue weighted by atomic mass is 35.5. The molecule has 1 saturated heterocycles. The van der Waals surface area contributed by atoms with Crippen LogP contribution >= 0.6 is 23.2 Å². The fraction of sp³-hybridized carbons (Fsp3) is 0.417. The summed E-state index contributed by atoms with van der Waals surface area (Å²) < 4.78 is 39.6. The van der Waals surface area contributed by atoms with Crippen molar-refractivity contribution in [2.75, 3.05) is 13.1 Å². The molecule has 0 spiro atoms. The zero-order chi connectivity index (χ0) is 14.3. The summed E-state index contributed by atoms with van der Waals surface area (Å²) in [6, 6.07) is 3.77. The number of carbonyl (C=O) groups excluding carboxylic acids is 1. The van der Waals surface area contributed by atoms with Gasteiger partial charge in [-0.2, -0.15) is 13.2 Å². The zero-order valence-corrected chi connectivity index (χ0v) is 11.2. The van der Waals surface area contributed by atoms with Crippen LogP contribution in [-0.2, 0) is 0 Å². The molecular formula is C12H10Cl2F3NO. The van der Waals surface area contributed by atoms with Gasteiger partial charge < -0.3 is 5.32 Å². The van der Waals surface area contributed by atoms with Crippen LogP contribution < -0.4 is 5.32 Å². The van der Waals surface area contributed by atoms with Gasteiger partial charge in [0.1, 0.15) is 5.41 Å². The average molecular weight is 312 g/mol. The Labute approximate surface area is 117 Å². The quantitative estimate of drug-likeness (QED) is 0.843. The van der Waals surface area contributed by atoms with Crippen LogP contribution in [0, 0.1) is 5.41 Å². The van der Waals surface area contributed by atoms with Crippen LogP contribution in [0.2, 0.25) is 10.0 Å². The summed E-state index contributed by atoms with van der Waals surface area (Å²) in [7, 11) is 0. The first-order valence-corrected chi connectivity index (χ1v) is 6.31. The standard InChI is InChI=1S/C12H10Cl2F3NO/c13-8-2-1-7(5-9(8)14)10(19)11(12(15,16)17)3-4-18-6-11/h1-2,5,18H,3-4,6H2. The van der Waals surface area contributed by atoms with Crippen LogP contribution in [0.25, 0.3) is 0 Å². The maximum atomic E-state index is 13.2. The number of halogens is 5. The van der Waals surface area contributed by atoms with Gasteiger partial charge in [-0.15, -0.1) is 0 Å². The minimum Gasteiger partial charge on any atom is -0.315 e. The first kappa shape index (κ1) is 14.6. The van der Waals surface area contributed by atoms with E-state index in [4.69, 9.17) is 23.2 Å². The largest absolute Gasteiger partial charge is 0.402 e. The van der Waals surface area contributed by atoms with Crippen molar-refractivity contribution >= 4 is 29.0 Å². The predicted octanol–water partition coefficient (Wildman–Crippen LogP) is 3.72. The van der Waals surface area contributed by atoms with Crippen LogP contribution in [0.3, 0.4) is 0 Å². The predicted molar refractivity (Wildman–Crippen MR) is 66.8 cm³/mol. The molecule has 1 fully saturated rings. The molecule has 0 bridgehead atoms. The summed E-state index contributed by atoms with van der Waals surface area (Å²) in [5.74, 6) is -0.969. The van der Waals surface area contributed by atoms with Crippen molar-refractivity contribution in [3.63, 3.8) is 0 Å². The number of alkyl halides is 3. The molecule has 1 aromatic carbocycles. The van der Waals surface area contributed by atoms with Crippen molar-refractivity contribution in [3.8, 4) is 0 Å². The van der Waals surface area contributed by atoms with E-state index in [0.29, 0.717) is 0 Å². The Kier molecular flexibility index (Phi) is 3.82. The molecule has 1 heterocycles. The van der Waals surface area contributed by atoms with Gasteiger partial charge in [0.15, 0.2) is 5.78 Å². The third-order valence-corrected chi connectivity index (χ3v) is 4.05. The molecule has 2 rings (SSSR count). The van der Waals surface area contributed by atoms with Gasteiger partial charge in [0, 0.05) is 12.1 Å². The van der Waals surface area contributed by atoms with E-state index in [1.54, 1.807) is 0 Å². The molecule has 0 aliphatic carbocycles. The van der Waals surface area contributed by atoms with Crippen molar-refractivity contribution in [1.29, 1.82) is 0 Å². The Morgan fingerprint density at radius 1 is 1.26 bits per heavy atom. The van der Waals surface area contributed by atoms with E-state index in [-0.39, 0.29) is 28.6 Å². The van der Waals surface area contributed by atoms with Crippen LogP contribution in [0.5, 0.6) is 0 Å². The minimum absolute atomic E-state index is 0.0656. The van der Waals surface area contributed by atoms with E-state index in [1.165, 1.54) is 18.2 Å². The minimum atomic E-state index is -4.60. The molecule has 2 nitrogen and oxygen atoms in total. The van der Waals surface area contributed by atoms with Gasteiger partial charge in [0.05, 0.1) is 10.0 Å². The summed E-state index contributed by atoms with van der Waals surface area (Å²) in [6.07, 6.45) is -4.87. The lowest BCUT2D eigenvalue weighted by Gasteiger charge is -2.29. The number of nitrogens with one attached hydrogen (secondary N) is 1. The summed E-state index contributed by atoms with van der Waals surface area (Å²) in [5.41, 5.74) is -2.44. The fourth-order valence-electron chi connectivity index (χ4n) is 2.17. The molecule has 7 heteroatoms. The topological polar surface area (TPSA) is 29.1 Å². The molecule has 0 radical (unpaired) electrons. The molecule has 104 valence electrons. The molecule has 19 heavy (non-hydrogen) atoms. The number of carbonyl (C=O) groups is 1. The Morgan fingerprint density at radius 2 is 1.95 bits per heavy atom. The van der Waals surface area contributed by atoms with E-state index in [9.17, 15) is 18.0 Å². The lowest BCUT2D eigenvalue weighted by molar-refractivity contribution is -0.197. The normalized spacial score (nSPS) is 23.6. The number of hydrogen-bond acceptors (Lipinski definition) is 2. The number of benzene rings is 1. The van der Waals surface area contributed by atoms with Crippen LogP contribution in [0.1, 0.15) is 16.8 Å².